The zero-order valence-electron chi connectivity index (χ0n) is 8.45. The summed E-state index contributed by atoms with van der Waals surface area (Å²) in [5.41, 5.74) is 12.8. The molecule has 0 saturated carbocycles. The number of rotatable bonds is 3. The molecule has 14 heavy (non-hydrogen) atoms. The van der Waals surface area contributed by atoms with E-state index >= 15 is 0 Å². The Labute approximate surface area is 83.5 Å². The fourth-order valence-corrected chi connectivity index (χ4v) is 1.34. The van der Waals surface area contributed by atoms with Gasteiger partial charge in [-0.25, -0.2) is 0 Å². The standard InChI is InChI=1S/C10H16N2O2/c1-6-3-7(8(12)5-11)10(13)9(4-6)14-2/h3-4,8,13H,5,11-12H2,1-2H3/t8-/m0/s1. The van der Waals surface area contributed by atoms with Crippen molar-refractivity contribution in [2.45, 2.75) is 13.0 Å². The smallest absolute Gasteiger partial charge is 0.162 e. The molecule has 1 aromatic carbocycles. The molecule has 4 nitrogen and oxygen atoms in total. The summed E-state index contributed by atoms with van der Waals surface area (Å²) in [5.74, 6) is 0.514. The molecule has 0 aliphatic carbocycles. The molecule has 0 heterocycles. The van der Waals surface area contributed by atoms with Crippen LogP contribution in [-0.2, 0) is 0 Å². The number of ether oxygens (including phenoxy) is 1. The van der Waals surface area contributed by atoms with Gasteiger partial charge >= 0.3 is 0 Å². The molecule has 0 aliphatic heterocycles. The highest BCUT2D eigenvalue weighted by molar-refractivity contribution is 5.49. The van der Waals surface area contributed by atoms with Gasteiger partial charge in [-0.05, 0) is 18.6 Å². The molecule has 1 atom stereocenters. The first-order valence-electron chi connectivity index (χ1n) is 4.43. The second-order valence-corrected chi connectivity index (χ2v) is 3.25. The van der Waals surface area contributed by atoms with Gasteiger partial charge in [0.2, 0.25) is 0 Å². The van der Waals surface area contributed by atoms with Crippen molar-refractivity contribution in [1.82, 2.24) is 0 Å². The van der Waals surface area contributed by atoms with Crippen LogP contribution in [0.2, 0.25) is 0 Å². The van der Waals surface area contributed by atoms with Crippen LogP contribution < -0.4 is 16.2 Å². The Kier molecular flexibility index (Phi) is 3.33. The molecule has 0 spiro atoms. The Hall–Kier alpha value is -1.26. The second kappa shape index (κ2) is 4.30. The van der Waals surface area contributed by atoms with E-state index in [0.717, 1.165) is 5.56 Å². The van der Waals surface area contributed by atoms with Crippen molar-refractivity contribution in [1.29, 1.82) is 0 Å². The maximum Gasteiger partial charge on any atom is 0.162 e. The predicted octanol–water partition coefficient (Wildman–Crippen LogP) is 0.668. The lowest BCUT2D eigenvalue weighted by Crippen LogP contribution is -2.21. The van der Waals surface area contributed by atoms with E-state index in [1.54, 1.807) is 6.07 Å². The predicted molar refractivity (Wildman–Crippen MR) is 55.4 cm³/mol. The molecular formula is C10H16N2O2. The average molecular weight is 196 g/mol. The topological polar surface area (TPSA) is 81.5 Å². The molecule has 1 rings (SSSR count). The van der Waals surface area contributed by atoms with Crippen LogP contribution >= 0.6 is 0 Å². The average Bonchev–Trinajstić information content (AvgIpc) is 2.19. The van der Waals surface area contributed by atoms with E-state index in [9.17, 15) is 5.11 Å². The van der Waals surface area contributed by atoms with E-state index in [1.165, 1.54) is 7.11 Å². The summed E-state index contributed by atoms with van der Waals surface area (Å²) in [7, 11) is 1.51. The van der Waals surface area contributed by atoms with Crippen LogP contribution in [0, 0.1) is 6.92 Å². The molecule has 0 bridgehead atoms. The van der Waals surface area contributed by atoms with Crippen molar-refractivity contribution < 1.29 is 9.84 Å². The number of aromatic hydroxyl groups is 1. The summed E-state index contributed by atoms with van der Waals surface area (Å²) in [5, 5.41) is 9.75. The van der Waals surface area contributed by atoms with Gasteiger partial charge in [-0.15, -0.1) is 0 Å². The molecule has 78 valence electrons. The highest BCUT2D eigenvalue weighted by atomic mass is 16.5. The summed E-state index contributed by atoms with van der Waals surface area (Å²) in [6, 6.07) is 3.21. The van der Waals surface area contributed by atoms with Gasteiger partial charge in [0.05, 0.1) is 7.11 Å². The van der Waals surface area contributed by atoms with Crippen molar-refractivity contribution in [2.75, 3.05) is 13.7 Å². The van der Waals surface area contributed by atoms with E-state index in [-0.39, 0.29) is 11.8 Å². The van der Waals surface area contributed by atoms with E-state index in [4.69, 9.17) is 16.2 Å². The van der Waals surface area contributed by atoms with Crippen molar-refractivity contribution >= 4 is 0 Å². The van der Waals surface area contributed by atoms with Gasteiger partial charge in [0.1, 0.15) is 0 Å². The van der Waals surface area contributed by atoms with Gasteiger partial charge in [0.25, 0.3) is 0 Å². The third kappa shape index (κ3) is 1.97. The molecule has 1 aromatic rings. The highest BCUT2D eigenvalue weighted by Gasteiger charge is 2.14. The first-order valence-corrected chi connectivity index (χ1v) is 4.43. The molecule has 0 aromatic heterocycles. The molecule has 5 N–H and O–H groups in total. The van der Waals surface area contributed by atoms with Crippen molar-refractivity contribution in [3.05, 3.63) is 23.3 Å². The Balaban J connectivity index is 3.21. The van der Waals surface area contributed by atoms with Gasteiger partial charge in [0, 0.05) is 18.2 Å². The Morgan fingerprint density at radius 1 is 1.50 bits per heavy atom. The van der Waals surface area contributed by atoms with Crippen LogP contribution in [0.5, 0.6) is 11.5 Å². The number of methoxy groups -OCH3 is 1. The van der Waals surface area contributed by atoms with E-state index in [1.807, 2.05) is 13.0 Å². The third-order valence-corrected chi connectivity index (χ3v) is 2.12. The molecule has 0 aliphatic rings. The lowest BCUT2D eigenvalue weighted by molar-refractivity contribution is 0.368. The molecular weight excluding hydrogens is 180 g/mol. The maximum absolute atomic E-state index is 9.75. The summed E-state index contributed by atoms with van der Waals surface area (Å²) in [6.07, 6.45) is 0. The van der Waals surface area contributed by atoms with Crippen LogP contribution in [0.4, 0.5) is 0 Å². The summed E-state index contributed by atoms with van der Waals surface area (Å²) < 4.78 is 5.01. The molecule has 4 heteroatoms. The van der Waals surface area contributed by atoms with Crippen LogP contribution in [0.25, 0.3) is 0 Å². The van der Waals surface area contributed by atoms with Crippen molar-refractivity contribution in [3.8, 4) is 11.5 Å². The largest absolute Gasteiger partial charge is 0.504 e. The molecule has 0 unspecified atom stereocenters. The van der Waals surface area contributed by atoms with E-state index in [0.29, 0.717) is 17.9 Å². The quantitative estimate of drug-likeness (QED) is 0.663. The third-order valence-electron chi connectivity index (χ3n) is 2.12. The van der Waals surface area contributed by atoms with Crippen molar-refractivity contribution in [3.63, 3.8) is 0 Å². The van der Waals surface area contributed by atoms with Crippen LogP contribution in [0.3, 0.4) is 0 Å². The summed E-state index contributed by atoms with van der Waals surface area (Å²) >= 11 is 0. The second-order valence-electron chi connectivity index (χ2n) is 3.25. The number of nitrogens with two attached hydrogens (primary N) is 2. The normalized spacial score (nSPS) is 12.6. The molecule has 0 fully saturated rings. The van der Waals surface area contributed by atoms with Crippen LogP contribution in [0.1, 0.15) is 17.2 Å². The number of benzene rings is 1. The minimum atomic E-state index is -0.358. The Morgan fingerprint density at radius 2 is 2.14 bits per heavy atom. The zero-order chi connectivity index (χ0) is 10.7. The number of phenolic OH excluding ortho intramolecular Hbond substituents is 1. The molecule has 0 saturated heterocycles. The van der Waals surface area contributed by atoms with Crippen molar-refractivity contribution in [2.24, 2.45) is 11.5 Å². The van der Waals surface area contributed by atoms with E-state index < -0.39 is 0 Å². The molecule has 0 radical (unpaired) electrons. The van der Waals surface area contributed by atoms with Gasteiger partial charge < -0.3 is 21.3 Å². The van der Waals surface area contributed by atoms with Crippen LogP contribution in [0.15, 0.2) is 12.1 Å². The van der Waals surface area contributed by atoms with Crippen LogP contribution in [-0.4, -0.2) is 18.8 Å². The SMILES string of the molecule is COc1cc(C)cc([C@@H](N)CN)c1O. The number of hydrogen-bond acceptors (Lipinski definition) is 4. The summed E-state index contributed by atoms with van der Waals surface area (Å²) in [4.78, 5) is 0. The molecule has 0 amide bonds. The van der Waals surface area contributed by atoms with Gasteiger partial charge in [0.15, 0.2) is 11.5 Å². The lowest BCUT2D eigenvalue weighted by Gasteiger charge is -2.14. The van der Waals surface area contributed by atoms with Gasteiger partial charge in [-0.2, -0.15) is 0 Å². The Morgan fingerprint density at radius 3 is 2.64 bits per heavy atom. The Bertz CT molecular complexity index is 326. The summed E-state index contributed by atoms with van der Waals surface area (Å²) in [6.45, 7) is 2.20. The zero-order valence-corrected chi connectivity index (χ0v) is 8.45. The highest BCUT2D eigenvalue weighted by Crippen LogP contribution is 2.33. The monoisotopic (exact) mass is 196 g/mol. The first-order chi connectivity index (χ1) is 6.60. The fraction of sp³-hybridized carbons (Fsp3) is 0.400. The number of phenols is 1. The maximum atomic E-state index is 9.75. The van der Waals surface area contributed by atoms with Gasteiger partial charge in [-0.1, -0.05) is 6.07 Å². The number of hydrogen-bond donors (Lipinski definition) is 3. The minimum absolute atomic E-state index is 0.0797. The van der Waals surface area contributed by atoms with Gasteiger partial charge in [-0.3, -0.25) is 0 Å². The lowest BCUT2D eigenvalue weighted by atomic mass is 10.0. The number of aryl methyl sites for hydroxylation is 1. The fourth-order valence-electron chi connectivity index (χ4n) is 1.34. The van der Waals surface area contributed by atoms with E-state index in [2.05, 4.69) is 0 Å². The minimum Gasteiger partial charge on any atom is -0.504 e. The first kappa shape index (κ1) is 10.8.